The maximum atomic E-state index is 13.7. The van der Waals surface area contributed by atoms with E-state index in [1.54, 1.807) is 48.5 Å². The van der Waals surface area contributed by atoms with Crippen LogP contribution in [0, 0.1) is 6.92 Å². The van der Waals surface area contributed by atoms with Crippen molar-refractivity contribution in [3.05, 3.63) is 105 Å². The molecule has 0 N–H and O–H groups in total. The zero-order valence-corrected chi connectivity index (χ0v) is 19.8. The van der Waals surface area contributed by atoms with E-state index in [1.165, 1.54) is 12.0 Å². The normalized spacial score (nSPS) is 14.8. The van der Waals surface area contributed by atoms with Crippen LogP contribution in [0.4, 0.5) is 5.82 Å². The number of benzene rings is 2. The lowest BCUT2D eigenvalue weighted by atomic mass is 9.98. The van der Waals surface area contributed by atoms with Gasteiger partial charge in [0.25, 0.3) is 5.91 Å². The summed E-state index contributed by atoms with van der Waals surface area (Å²) in [5.74, 6) is 0.889. The largest absolute Gasteiger partial charge is 0.493 e. The third kappa shape index (κ3) is 3.84. The summed E-state index contributed by atoms with van der Waals surface area (Å²) >= 11 is 6.16. The molecule has 0 saturated heterocycles. The van der Waals surface area contributed by atoms with Crippen LogP contribution in [0.5, 0.6) is 11.5 Å². The van der Waals surface area contributed by atoms with Gasteiger partial charge in [-0.05, 0) is 55.0 Å². The highest BCUT2D eigenvalue weighted by Crippen LogP contribution is 2.43. The molecule has 7 nitrogen and oxygen atoms in total. The minimum Gasteiger partial charge on any atom is -0.493 e. The Morgan fingerprint density at radius 1 is 1.14 bits per heavy atom. The first-order chi connectivity index (χ1) is 16.9. The van der Waals surface area contributed by atoms with Crippen LogP contribution in [-0.2, 0) is 0 Å². The highest BCUT2D eigenvalue weighted by Gasteiger charge is 2.44. The van der Waals surface area contributed by atoms with Gasteiger partial charge in [-0.3, -0.25) is 14.5 Å². The van der Waals surface area contributed by atoms with Crippen molar-refractivity contribution < 1.29 is 18.7 Å². The molecule has 4 aromatic rings. The summed E-state index contributed by atoms with van der Waals surface area (Å²) in [6, 6.07) is 14.6. The van der Waals surface area contributed by atoms with Crippen molar-refractivity contribution in [2.75, 3.05) is 18.6 Å². The van der Waals surface area contributed by atoms with E-state index in [-0.39, 0.29) is 22.3 Å². The second-order valence-corrected chi connectivity index (χ2v) is 8.48. The number of aromatic nitrogens is 1. The van der Waals surface area contributed by atoms with Gasteiger partial charge in [-0.15, -0.1) is 0 Å². The fourth-order valence-electron chi connectivity index (χ4n) is 4.28. The summed E-state index contributed by atoms with van der Waals surface area (Å²) in [6.45, 7) is 5.80. The topological polar surface area (TPSA) is 81.9 Å². The van der Waals surface area contributed by atoms with Gasteiger partial charge in [-0.2, -0.15) is 0 Å². The summed E-state index contributed by atoms with van der Waals surface area (Å²) in [7, 11) is 1.53. The predicted molar refractivity (Wildman–Crippen MR) is 134 cm³/mol. The van der Waals surface area contributed by atoms with Gasteiger partial charge in [0.15, 0.2) is 16.9 Å². The molecular weight excluding hydrogens is 468 g/mol. The van der Waals surface area contributed by atoms with E-state index >= 15 is 0 Å². The Morgan fingerprint density at radius 2 is 1.97 bits per heavy atom. The van der Waals surface area contributed by atoms with Crippen LogP contribution < -0.4 is 19.8 Å². The zero-order valence-electron chi connectivity index (χ0n) is 19.1. The molecule has 1 amide bonds. The lowest BCUT2D eigenvalue weighted by Crippen LogP contribution is -2.30. The van der Waals surface area contributed by atoms with E-state index in [1.807, 2.05) is 19.1 Å². The molecule has 0 fully saturated rings. The van der Waals surface area contributed by atoms with Crippen LogP contribution in [0.25, 0.3) is 11.0 Å². The molecule has 5 rings (SSSR count). The van der Waals surface area contributed by atoms with Crippen molar-refractivity contribution in [3.8, 4) is 11.5 Å². The number of aryl methyl sites for hydroxylation is 1. The second-order valence-electron chi connectivity index (χ2n) is 8.04. The van der Waals surface area contributed by atoms with Gasteiger partial charge < -0.3 is 13.9 Å². The number of pyridine rings is 1. The number of halogens is 1. The van der Waals surface area contributed by atoms with Crippen molar-refractivity contribution in [2.45, 2.75) is 13.0 Å². The molecule has 8 heteroatoms. The van der Waals surface area contributed by atoms with Crippen molar-refractivity contribution in [2.24, 2.45) is 0 Å². The first kappa shape index (κ1) is 22.7. The number of hydrogen-bond donors (Lipinski definition) is 0. The number of nitrogens with zero attached hydrogens (tertiary/aromatic N) is 2. The summed E-state index contributed by atoms with van der Waals surface area (Å²) in [5.41, 5.74) is 1.54. The number of hydrogen-bond acceptors (Lipinski definition) is 6. The van der Waals surface area contributed by atoms with Crippen LogP contribution >= 0.6 is 11.6 Å². The molecular formula is C27H21ClN2O5. The van der Waals surface area contributed by atoms with Gasteiger partial charge >= 0.3 is 0 Å². The number of carbonyl (C=O) groups excluding carboxylic acids is 1. The minimum atomic E-state index is -0.797. The fourth-order valence-corrected chi connectivity index (χ4v) is 4.45. The quantitative estimate of drug-likeness (QED) is 0.334. The fraction of sp³-hybridized carbons (Fsp3) is 0.148. The lowest BCUT2D eigenvalue weighted by Gasteiger charge is -2.25. The molecule has 0 bridgehead atoms. The number of fused-ring (bicyclic) bond motifs is 2. The monoisotopic (exact) mass is 488 g/mol. The van der Waals surface area contributed by atoms with Crippen molar-refractivity contribution in [1.29, 1.82) is 0 Å². The minimum absolute atomic E-state index is 0.0240. The zero-order chi connectivity index (χ0) is 24.7. The first-order valence-electron chi connectivity index (χ1n) is 10.9. The summed E-state index contributed by atoms with van der Waals surface area (Å²) in [5, 5.41) is 0.694. The Labute approximate surface area is 206 Å². The van der Waals surface area contributed by atoms with E-state index in [9.17, 15) is 9.59 Å². The average Bonchev–Trinajstić information content (AvgIpc) is 3.15. The van der Waals surface area contributed by atoms with Crippen LogP contribution in [0.1, 0.15) is 33.4 Å². The highest BCUT2D eigenvalue weighted by atomic mass is 35.5. The molecule has 2 aromatic heterocycles. The number of rotatable bonds is 6. The maximum Gasteiger partial charge on any atom is 0.296 e. The van der Waals surface area contributed by atoms with Gasteiger partial charge in [0.2, 0.25) is 5.76 Å². The average molecular weight is 489 g/mol. The first-order valence-corrected chi connectivity index (χ1v) is 11.3. The summed E-state index contributed by atoms with van der Waals surface area (Å²) in [6.07, 6.45) is 1.63. The van der Waals surface area contributed by atoms with Crippen molar-refractivity contribution in [1.82, 2.24) is 4.98 Å². The molecule has 0 aliphatic carbocycles. The number of amides is 1. The third-order valence-electron chi connectivity index (χ3n) is 5.81. The summed E-state index contributed by atoms with van der Waals surface area (Å²) < 4.78 is 17.2. The molecule has 1 aliphatic rings. The highest BCUT2D eigenvalue weighted by molar-refractivity contribution is 6.31. The molecule has 1 unspecified atom stereocenters. The second kappa shape index (κ2) is 8.92. The Morgan fingerprint density at radius 3 is 2.71 bits per heavy atom. The predicted octanol–water partition coefficient (Wildman–Crippen LogP) is 5.47. The van der Waals surface area contributed by atoms with Gasteiger partial charge in [0, 0.05) is 10.7 Å². The molecule has 1 atom stereocenters. The van der Waals surface area contributed by atoms with Gasteiger partial charge in [-0.1, -0.05) is 36.4 Å². The van der Waals surface area contributed by atoms with Crippen molar-refractivity contribution in [3.63, 3.8) is 0 Å². The number of carbonyl (C=O) groups is 1. The van der Waals surface area contributed by atoms with E-state index in [4.69, 9.17) is 25.5 Å². The Kier molecular flexibility index (Phi) is 5.78. The van der Waals surface area contributed by atoms with Crippen LogP contribution in [0.3, 0.4) is 0 Å². The van der Waals surface area contributed by atoms with E-state index in [0.29, 0.717) is 39.9 Å². The molecule has 3 heterocycles. The van der Waals surface area contributed by atoms with E-state index in [0.717, 1.165) is 5.69 Å². The summed E-state index contributed by atoms with van der Waals surface area (Å²) in [4.78, 5) is 33.4. The Hall–Kier alpha value is -4.10. The smallest absolute Gasteiger partial charge is 0.296 e. The molecule has 0 saturated carbocycles. The van der Waals surface area contributed by atoms with E-state index in [2.05, 4.69) is 11.6 Å². The van der Waals surface area contributed by atoms with Crippen molar-refractivity contribution >= 4 is 34.3 Å². The SMILES string of the molecule is C=CCOc1ccc(C2c3c(oc4ccc(Cl)cc4c3=O)C(=O)N2c2cccc(C)n2)cc1OC. The van der Waals surface area contributed by atoms with E-state index < -0.39 is 11.9 Å². The maximum absolute atomic E-state index is 13.7. The molecule has 2 aromatic carbocycles. The van der Waals surface area contributed by atoms with Crippen LogP contribution in [0.2, 0.25) is 5.02 Å². The molecule has 176 valence electrons. The molecule has 0 spiro atoms. The third-order valence-corrected chi connectivity index (χ3v) is 6.05. The Balaban J connectivity index is 1.77. The van der Waals surface area contributed by atoms with Gasteiger partial charge in [-0.25, -0.2) is 4.98 Å². The Bertz CT molecular complexity index is 1540. The van der Waals surface area contributed by atoms with Crippen LogP contribution in [0.15, 0.2) is 76.5 Å². The van der Waals surface area contributed by atoms with Gasteiger partial charge in [0.1, 0.15) is 18.0 Å². The standard InChI is InChI=1S/C27H21ClN2O5/c1-4-12-34-20-10-8-16(13-21(20)33-3)24-23-25(31)18-14-17(28)9-11-19(18)35-26(23)27(32)30(24)22-7-5-6-15(2)29-22/h4-11,13-14,24H,1,12H2,2-3H3. The van der Waals surface area contributed by atoms with Gasteiger partial charge in [0.05, 0.1) is 24.1 Å². The molecule has 1 aliphatic heterocycles. The number of ether oxygens (including phenoxy) is 2. The number of anilines is 1. The number of methoxy groups -OCH3 is 1. The molecule has 0 radical (unpaired) electrons. The molecule has 35 heavy (non-hydrogen) atoms. The van der Waals surface area contributed by atoms with Crippen LogP contribution in [-0.4, -0.2) is 24.6 Å². The lowest BCUT2D eigenvalue weighted by molar-refractivity contribution is 0.0970.